The Bertz CT molecular complexity index is 485. The molecule has 0 radical (unpaired) electrons. The first kappa shape index (κ1) is 13.5. The van der Waals surface area contributed by atoms with E-state index in [0.717, 1.165) is 11.4 Å². The quantitative estimate of drug-likeness (QED) is 0.846. The second-order valence-electron chi connectivity index (χ2n) is 4.10. The molecule has 1 heterocycles. The van der Waals surface area contributed by atoms with Crippen LogP contribution in [0.4, 0.5) is 8.78 Å². The highest BCUT2D eigenvalue weighted by molar-refractivity contribution is 5.27. The fraction of sp³-hybridized carbons (Fsp3) is 0.308. The van der Waals surface area contributed by atoms with Crippen molar-refractivity contribution in [3.8, 4) is 5.75 Å². The molecule has 1 aromatic heterocycles. The van der Waals surface area contributed by atoms with E-state index in [-0.39, 0.29) is 11.8 Å². The number of halogens is 2. The first-order valence-electron chi connectivity index (χ1n) is 5.91. The van der Waals surface area contributed by atoms with Crippen molar-refractivity contribution >= 4 is 0 Å². The smallest absolute Gasteiger partial charge is 0.387 e. The van der Waals surface area contributed by atoms with Gasteiger partial charge in [0.25, 0.3) is 0 Å². The number of imidazole rings is 1. The normalized spacial score (nSPS) is 12.6. The number of alkyl halides is 2. The molecule has 2 rings (SSSR count). The number of hydrogen-bond acceptors (Lipinski definition) is 3. The van der Waals surface area contributed by atoms with E-state index < -0.39 is 6.61 Å². The summed E-state index contributed by atoms with van der Waals surface area (Å²) in [6.07, 6.45) is 3.47. The highest BCUT2D eigenvalue weighted by Crippen LogP contribution is 2.15. The molecule has 0 fully saturated rings. The minimum atomic E-state index is -2.79. The monoisotopic (exact) mass is 267 g/mol. The summed E-state index contributed by atoms with van der Waals surface area (Å²) in [6, 6.07) is 6.65. The van der Waals surface area contributed by atoms with E-state index in [1.807, 2.05) is 6.92 Å². The lowest BCUT2D eigenvalue weighted by Crippen LogP contribution is -2.19. The van der Waals surface area contributed by atoms with Crippen molar-refractivity contribution in [1.29, 1.82) is 0 Å². The van der Waals surface area contributed by atoms with Crippen LogP contribution in [0.15, 0.2) is 36.7 Å². The van der Waals surface area contributed by atoms with E-state index in [2.05, 4.69) is 20.0 Å². The van der Waals surface area contributed by atoms with Gasteiger partial charge in [-0.15, -0.1) is 0 Å². The van der Waals surface area contributed by atoms with Gasteiger partial charge in [-0.05, 0) is 24.6 Å². The van der Waals surface area contributed by atoms with E-state index in [0.29, 0.717) is 6.54 Å². The predicted molar refractivity (Wildman–Crippen MR) is 66.9 cm³/mol. The Hall–Kier alpha value is -1.95. The number of benzene rings is 1. The molecule has 0 aliphatic heterocycles. The maximum Gasteiger partial charge on any atom is 0.387 e. The zero-order valence-corrected chi connectivity index (χ0v) is 10.4. The van der Waals surface area contributed by atoms with Gasteiger partial charge >= 0.3 is 6.61 Å². The van der Waals surface area contributed by atoms with Gasteiger partial charge in [-0.2, -0.15) is 8.78 Å². The van der Waals surface area contributed by atoms with E-state index >= 15 is 0 Å². The molecule has 102 valence electrons. The van der Waals surface area contributed by atoms with Crippen molar-refractivity contribution in [1.82, 2.24) is 15.3 Å². The van der Waals surface area contributed by atoms with Gasteiger partial charge in [0.05, 0.1) is 6.04 Å². The first-order valence-corrected chi connectivity index (χ1v) is 5.91. The van der Waals surface area contributed by atoms with Crippen molar-refractivity contribution < 1.29 is 13.5 Å². The van der Waals surface area contributed by atoms with E-state index in [1.165, 1.54) is 12.1 Å². The molecule has 19 heavy (non-hydrogen) atoms. The zero-order chi connectivity index (χ0) is 13.7. The van der Waals surface area contributed by atoms with Gasteiger partial charge in [-0.25, -0.2) is 4.98 Å². The van der Waals surface area contributed by atoms with Gasteiger partial charge in [0.15, 0.2) is 0 Å². The van der Waals surface area contributed by atoms with E-state index in [1.54, 1.807) is 24.5 Å². The Morgan fingerprint density at radius 3 is 2.63 bits per heavy atom. The maximum atomic E-state index is 12.0. The number of aromatic nitrogens is 2. The Kier molecular flexibility index (Phi) is 4.46. The van der Waals surface area contributed by atoms with Crippen molar-refractivity contribution in [2.45, 2.75) is 26.1 Å². The molecular formula is C13H15F2N3O. The molecule has 0 bridgehead atoms. The van der Waals surface area contributed by atoms with Gasteiger partial charge in [0, 0.05) is 18.9 Å². The summed E-state index contributed by atoms with van der Waals surface area (Å²) in [5.74, 6) is 1.02. The van der Waals surface area contributed by atoms with Gasteiger partial charge < -0.3 is 15.0 Å². The Morgan fingerprint density at radius 1 is 1.32 bits per heavy atom. The standard InChI is InChI=1S/C13H15F2N3O/c1-9(12-16-6-7-17-12)18-8-10-2-4-11(5-3-10)19-13(14)15/h2-7,9,13,18H,8H2,1H3,(H,16,17). The van der Waals surface area contributed by atoms with E-state index in [9.17, 15) is 8.78 Å². The van der Waals surface area contributed by atoms with Crippen LogP contribution in [0.2, 0.25) is 0 Å². The zero-order valence-electron chi connectivity index (χ0n) is 10.4. The second kappa shape index (κ2) is 6.29. The maximum absolute atomic E-state index is 12.0. The first-order chi connectivity index (χ1) is 9.15. The summed E-state index contributed by atoms with van der Waals surface area (Å²) in [4.78, 5) is 7.18. The molecule has 0 spiro atoms. The minimum Gasteiger partial charge on any atom is -0.435 e. The molecule has 2 aromatic rings. The van der Waals surface area contributed by atoms with Gasteiger partial charge in [0.2, 0.25) is 0 Å². The molecule has 2 N–H and O–H groups in total. The molecule has 0 amide bonds. The number of rotatable bonds is 6. The van der Waals surface area contributed by atoms with Crippen LogP contribution in [-0.2, 0) is 6.54 Å². The van der Waals surface area contributed by atoms with Gasteiger partial charge in [0.1, 0.15) is 11.6 Å². The fourth-order valence-corrected chi connectivity index (χ4v) is 1.67. The number of aromatic amines is 1. The number of hydrogen-bond donors (Lipinski definition) is 2. The topological polar surface area (TPSA) is 49.9 Å². The number of nitrogens with one attached hydrogen (secondary N) is 2. The highest BCUT2D eigenvalue weighted by Gasteiger charge is 2.07. The molecule has 0 aliphatic rings. The van der Waals surface area contributed by atoms with Crippen LogP contribution in [0, 0.1) is 0 Å². The summed E-state index contributed by atoms with van der Waals surface area (Å²) in [6.45, 7) is -0.174. The average molecular weight is 267 g/mol. The molecule has 0 aliphatic carbocycles. The number of H-pyrrole nitrogens is 1. The van der Waals surface area contributed by atoms with Crippen LogP contribution < -0.4 is 10.1 Å². The molecule has 0 saturated carbocycles. The third-order valence-corrected chi connectivity index (χ3v) is 2.69. The number of nitrogens with zero attached hydrogens (tertiary/aromatic N) is 1. The molecule has 1 aromatic carbocycles. The van der Waals surface area contributed by atoms with Crippen LogP contribution in [0.1, 0.15) is 24.4 Å². The van der Waals surface area contributed by atoms with Crippen molar-refractivity contribution in [2.24, 2.45) is 0 Å². The SMILES string of the molecule is CC(NCc1ccc(OC(F)F)cc1)c1ncc[nH]1. The summed E-state index contributed by atoms with van der Waals surface area (Å²) >= 11 is 0. The fourth-order valence-electron chi connectivity index (χ4n) is 1.67. The summed E-state index contributed by atoms with van der Waals surface area (Å²) in [5.41, 5.74) is 0.986. The van der Waals surface area contributed by atoms with Crippen LogP contribution in [0.5, 0.6) is 5.75 Å². The van der Waals surface area contributed by atoms with E-state index in [4.69, 9.17) is 0 Å². The summed E-state index contributed by atoms with van der Waals surface area (Å²) in [7, 11) is 0. The Labute approximate surface area is 109 Å². The van der Waals surface area contributed by atoms with Crippen molar-refractivity contribution in [2.75, 3.05) is 0 Å². The third kappa shape index (κ3) is 4.03. The van der Waals surface area contributed by atoms with Crippen LogP contribution in [0.3, 0.4) is 0 Å². The lowest BCUT2D eigenvalue weighted by atomic mass is 10.2. The third-order valence-electron chi connectivity index (χ3n) is 2.69. The minimum absolute atomic E-state index is 0.0898. The lowest BCUT2D eigenvalue weighted by Gasteiger charge is -2.11. The number of ether oxygens (including phenoxy) is 1. The van der Waals surface area contributed by atoms with Crippen molar-refractivity contribution in [3.63, 3.8) is 0 Å². The van der Waals surface area contributed by atoms with Crippen LogP contribution in [0.25, 0.3) is 0 Å². The molecule has 0 saturated heterocycles. The van der Waals surface area contributed by atoms with Gasteiger partial charge in [-0.1, -0.05) is 12.1 Å². The molecule has 4 nitrogen and oxygen atoms in total. The Morgan fingerprint density at radius 2 is 2.05 bits per heavy atom. The predicted octanol–water partition coefficient (Wildman–Crippen LogP) is 2.86. The van der Waals surface area contributed by atoms with Crippen molar-refractivity contribution in [3.05, 3.63) is 48.0 Å². The van der Waals surface area contributed by atoms with Gasteiger partial charge in [-0.3, -0.25) is 0 Å². The molecule has 1 atom stereocenters. The summed E-state index contributed by atoms with van der Waals surface area (Å²) < 4.78 is 28.3. The molecular weight excluding hydrogens is 252 g/mol. The van der Waals surface area contributed by atoms with Crippen LogP contribution >= 0.6 is 0 Å². The molecule has 1 unspecified atom stereocenters. The largest absolute Gasteiger partial charge is 0.435 e. The highest BCUT2D eigenvalue weighted by atomic mass is 19.3. The lowest BCUT2D eigenvalue weighted by molar-refractivity contribution is -0.0498. The Balaban J connectivity index is 1.86. The molecule has 6 heteroatoms. The second-order valence-corrected chi connectivity index (χ2v) is 4.10. The van der Waals surface area contributed by atoms with Crippen LogP contribution in [-0.4, -0.2) is 16.6 Å². The average Bonchev–Trinajstić information content (AvgIpc) is 2.91. The summed E-state index contributed by atoms with van der Waals surface area (Å²) in [5, 5.41) is 3.28.